The van der Waals surface area contributed by atoms with Crippen LogP contribution in [0.2, 0.25) is 0 Å². The summed E-state index contributed by atoms with van der Waals surface area (Å²) in [5, 5.41) is 0. The van der Waals surface area contributed by atoms with Gasteiger partial charge in [-0.1, -0.05) is 30.3 Å². The highest BCUT2D eigenvalue weighted by atomic mass is 16.6. The van der Waals surface area contributed by atoms with Gasteiger partial charge in [0.25, 0.3) is 0 Å². The first-order valence-corrected chi connectivity index (χ1v) is 6.78. The molecular formula is C15H20N2O3. The summed E-state index contributed by atoms with van der Waals surface area (Å²) in [5.41, 5.74) is 1.03. The number of carbonyl (C=O) groups is 2. The van der Waals surface area contributed by atoms with Crippen molar-refractivity contribution in [2.75, 3.05) is 27.2 Å². The SMILES string of the molecule is CN(C)C(=O)[C@H](Cc1ccccc1)N1CCCOC1=O. The van der Waals surface area contributed by atoms with Crippen molar-refractivity contribution in [1.29, 1.82) is 0 Å². The van der Waals surface area contributed by atoms with Gasteiger partial charge >= 0.3 is 6.09 Å². The Hall–Kier alpha value is -2.04. The number of benzene rings is 1. The molecule has 1 aliphatic heterocycles. The molecule has 0 bridgehead atoms. The molecule has 5 nitrogen and oxygen atoms in total. The monoisotopic (exact) mass is 276 g/mol. The van der Waals surface area contributed by atoms with Crippen molar-refractivity contribution >= 4 is 12.0 Å². The number of ether oxygens (including phenoxy) is 1. The van der Waals surface area contributed by atoms with Crippen LogP contribution in [0.25, 0.3) is 0 Å². The molecule has 1 saturated heterocycles. The first kappa shape index (κ1) is 14.4. The molecule has 20 heavy (non-hydrogen) atoms. The Morgan fingerprint density at radius 1 is 1.35 bits per heavy atom. The van der Waals surface area contributed by atoms with Gasteiger partial charge in [-0.15, -0.1) is 0 Å². The van der Waals surface area contributed by atoms with Crippen molar-refractivity contribution in [3.63, 3.8) is 0 Å². The van der Waals surface area contributed by atoms with E-state index in [0.29, 0.717) is 19.6 Å². The number of hydrogen-bond donors (Lipinski definition) is 0. The topological polar surface area (TPSA) is 49.9 Å². The zero-order valence-electron chi connectivity index (χ0n) is 11.9. The second-order valence-corrected chi connectivity index (χ2v) is 5.10. The van der Waals surface area contributed by atoms with Crippen LogP contribution in [0.15, 0.2) is 30.3 Å². The van der Waals surface area contributed by atoms with Crippen LogP contribution in [-0.2, 0) is 16.0 Å². The molecule has 0 aliphatic carbocycles. The molecule has 1 atom stereocenters. The minimum atomic E-state index is -0.500. The van der Waals surface area contributed by atoms with E-state index in [9.17, 15) is 9.59 Å². The number of likely N-dealkylation sites (N-methyl/N-ethyl adjacent to an activating group) is 1. The second-order valence-electron chi connectivity index (χ2n) is 5.10. The summed E-state index contributed by atoms with van der Waals surface area (Å²) in [6.07, 6.45) is 0.873. The van der Waals surface area contributed by atoms with Gasteiger partial charge in [0.1, 0.15) is 6.04 Å². The van der Waals surface area contributed by atoms with Crippen LogP contribution in [0.4, 0.5) is 4.79 Å². The molecule has 108 valence electrons. The third kappa shape index (κ3) is 3.29. The number of hydrogen-bond acceptors (Lipinski definition) is 3. The maximum atomic E-state index is 12.4. The van der Waals surface area contributed by atoms with Crippen LogP contribution in [0.1, 0.15) is 12.0 Å². The van der Waals surface area contributed by atoms with Gasteiger partial charge in [0, 0.05) is 27.1 Å². The van der Waals surface area contributed by atoms with Gasteiger partial charge in [0.2, 0.25) is 5.91 Å². The number of carbonyl (C=O) groups excluding carboxylic acids is 2. The second kappa shape index (κ2) is 6.41. The maximum absolute atomic E-state index is 12.4. The molecular weight excluding hydrogens is 256 g/mol. The van der Waals surface area contributed by atoms with E-state index in [4.69, 9.17) is 4.74 Å². The molecule has 0 N–H and O–H groups in total. The smallest absolute Gasteiger partial charge is 0.410 e. The molecule has 1 aromatic rings. The summed E-state index contributed by atoms with van der Waals surface area (Å²) in [5.74, 6) is -0.0762. The molecule has 5 heteroatoms. The highest BCUT2D eigenvalue weighted by Gasteiger charge is 2.33. The van der Waals surface area contributed by atoms with Crippen LogP contribution in [-0.4, -0.2) is 55.1 Å². The summed E-state index contributed by atoms with van der Waals surface area (Å²) in [6, 6.07) is 9.22. The van der Waals surface area contributed by atoms with Gasteiger partial charge in [-0.05, 0) is 12.0 Å². The van der Waals surface area contributed by atoms with Gasteiger partial charge < -0.3 is 9.64 Å². The number of nitrogens with zero attached hydrogens (tertiary/aromatic N) is 2. The van der Waals surface area contributed by atoms with E-state index in [1.807, 2.05) is 30.3 Å². The van der Waals surface area contributed by atoms with Crippen LogP contribution in [0.5, 0.6) is 0 Å². The van der Waals surface area contributed by atoms with E-state index < -0.39 is 12.1 Å². The average molecular weight is 276 g/mol. The van der Waals surface area contributed by atoms with Crippen LogP contribution >= 0.6 is 0 Å². The Labute approximate surface area is 119 Å². The van der Waals surface area contributed by atoms with Gasteiger partial charge in [0.15, 0.2) is 0 Å². The lowest BCUT2D eigenvalue weighted by Crippen LogP contribution is -2.52. The predicted octanol–water partition coefficient (Wildman–Crippen LogP) is 1.53. The molecule has 2 amide bonds. The highest BCUT2D eigenvalue weighted by molar-refractivity contribution is 5.85. The molecule has 0 unspecified atom stereocenters. The van der Waals surface area contributed by atoms with Gasteiger partial charge in [0.05, 0.1) is 6.61 Å². The third-order valence-electron chi connectivity index (χ3n) is 3.38. The summed E-state index contributed by atoms with van der Waals surface area (Å²) >= 11 is 0. The fraction of sp³-hybridized carbons (Fsp3) is 0.467. The van der Waals surface area contributed by atoms with Crippen LogP contribution in [0, 0.1) is 0 Å². The average Bonchev–Trinajstić information content (AvgIpc) is 2.46. The normalized spacial score (nSPS) is 16.5. The summed E-state index contributed by atoms with van der Waals surface area (Å²) < 4.78 is 5.06. The zero-order chi connectivity index (χ0) is 14.5. The molecule has 1 aromatic carbocycles. The third-order valence-corrected chi connectivity index (χ3v) is 3.38. The Morgan fingerprint density at radius 2 is 2.05 bits per heavy atom. The lowest BCUT2D eigenvalue weighted by atomic mass is 10.0. The number of cyclic esters (lactones) is 1. The van der Waals surface area contributed by atoms with Crippen molar-refractivity contribution in [2.24, 2.45) is 0 Å². The highest BCUT2D eigenvalue weighted by Crippen LogP contribution is 2.16. The van der Waals surface area contributed by atoms with Crippen molar-refractivity contribution in [2.45, 2.75) is 18.9 Å². The molecule has 1 fully saturated rings. The van der Waals surface area contributed by atoms with E-state index in [1.165, 1.54) is 4.90 Å². The summed E-state index contributed by atoms with van der Waals surface area (Å²) in [6.45, 7) is 0.999. The first-order chi connectivity index (χ1) is 9.59. The van der Waals surface area contributed by atoms with Crippen LogP contribution < -0.4 is 0 Å². The quantitative estimate of drug-likeness (QED) is 0.838. The standard InChI is InChI=1S/C15H20N2O3/c1-16(2)14(18)13(11-12-7-4-3-5-8-12)17-9-6-10-20-15(17)19/h3-5,7-8,13H,6,9-11H2,1-2H3/t13-/m0/s1. The minimum absolute atomic E-state index is 0.0762. The fourth-order valence-electron chi connectivity index (χ4n) is 2.32. The Morgan fingerprint density at radius 3 is 2.65 bits per heavy atom. The van der Waals surface area contributed by atoms with Crippen molar-refractivity contribution in [3.05, 3.63) is 35.9 Å². The largest absolute Gasteiger partial charge is 0.449 e. The van der Waals surface area contributed by atoms with Gasteiger partial charge in [-0.25, -0.2) is 4.79 Å². The van der Waals surface area contributed by atoms with E-state index in [-0.39, 0.29) is 5.91 Å². The van der Waals surface area contributed by atoms with Crippen molar-refractivity contribution in [1.82, 2.24) is 9.80 Å². The summed E-state index contributed by atoms with van der Waals surface area (Å²) in [4.78, 5) is 27.3. The van der Waals surface area contributed by atoms with Crippen LogP contribution in [0.3, 0.4) is 0 Å². The number of rotatable bonds is 4. The van der Waals surface area contributed by atoms with Crippen molar-refractivity contribution in [3.8, 4) is 0 Å². The molecule has 0 aromatic heterocycles. The van der Waals surface area contributed by atoms with E-state index >= 15 is 0 Å². The molecule has 0 radical (unpaired) electrons. The Kier molecular flexibility index (Phi) is 4.61. The zero-order valence-corrected chi connectivity index (χ0v) is 11.9. The Bertz CT molecular complexity index is 473. The minimum Gasteiger partial charge on any atom is -0.449 e. The van der Waals surface area contributed by atoms with E-state index in [1.54, 1.807) is 19.0 Å². The molecule has 0 spiro atoms. The fourth-order valence-corrected chi connectivity index (χ4v) is 2.32. The predicted molar refractivity (Wildman–Crippen MR) is 75.3 cm³/mol. The lowest BCUT2D eigenvalue weighted by molar-refractivity contribution is -0.134. The molecule has 0 saturated carbocycles. The van der Waals surface area contributed by atoms with Gasteiger partial charge in [-0.3, -0.25) is 9.69 Å². The van der Waals surface area contributed by atoms with Crippen molar-refractivity contribution < 1.29 is 14.3 Å². The van der Waals surface area contributed by atoms with E-state index in [0.717, 1.165) is 12.0 Å². The first-order valence-electron chi connectivity index (χ1n) is 6.78. The molecule has 1 heterocycles. The maximum Gasteiger partial charge on any atom is 0.410 e. The lowest BCUT2D eigenvalue weighted by Gasteiger charge is -2.34. The Balaban J connectivity index is 2.20. The summed E-state index contributed by atoms with van der Waals surface area (Å²) in [7, 11) is 3.41. The van der Waals surface area contributed by atoms with E-state index in [2.05, 4.69) is 0 Å². The molecule has 1 aliphatic rings. The van der Waals surface area contributed by atoms with Gasteiger partial charge in [-0.2, -0.15) is 0 Å². The molecule has 2 rings (SSSR count). The number of amides is 2.